The predicted molar refractivity (Wildman–Crippen MR) is 116 cm³/mol. The molecule has 2 saturated heterocycles. The second-order valence-corrected chi connectivity index (χ2v) is 10.7. The van der Waals surface area contributed by atoms with E-state index in [2.05, 4.69) is 5.32 Å². The molecule has 1 N–H and O–H groups in total. The minimum atomic E-state index is -3.42. The van der Waals surface area contributed by atoms with E-state index in [9.17, 15) is 13.2 Å². The molecular formula is C22H32N2O6S. The van der Waals surface area contributed by atoms with Crippen LogP contribution in [0.3, 0.4) is 0 Å². The van der Waals surface area contributed by atoms with Gasteiger partial charge in [0.25, 0.3) is 0 Å². The van der Waals surface area contributed by atoms with Crippen LogP contribution < -0.4 is 14.8 Å². The molecule has 0 aliphatic carbocycles. The summed E-state index contributed by atoms with van der Waals surface area (Å²) in [6.07, 6.45) is 4.31. The van der Waals surface area contributed by atoms with E-state index in [1.54, 1.807) is 0 Å². The Morgan fingerprint density at radius 2 is 1.97 bits per heavy atom. The van der Waals surface area contributed by atoms with E-state index < -0.39 is 16.1 Å². The van der Waals surface area contributed by atoms with Gasteiger partial charge < -0.3 is 19.5 Å². The molecule has 3 aliphatic rings. The molecule has 31 heavy (non-hydrogen) atoms. The molecule has 4 rings (SSSR count). The molecule has 3 aliphatic heterocycles. The van der Waals surface area contributed by atoms with Crippen LogP contribution in [0.2, 0.25) is 0 Å². The topological polar surface area (TPSA) is 94.2 Å². The van der Waals surface area contributed by atoms with Crippen molar-refractivity contribution in [1.29, 1.82) is 0 Å². The first kappa shape index (κ1) is 22.4. The maximum Gasteiger partial charge on any atom is 0.238 e. The number of rotatable bonds is 7. The van der Waals surface area contributed by atoms with E-state index in [4.69, 9.17) is 14.2 Å². The van der Waals surface area contributed by atoms with Crippen LogP contribution >= 0.6 is 0 Å². The summed E-state index contributed by atoms with van der Waals surface area (Å²) in [5.41, 5.74) is 0.802. The van der Waals surface area contributed by atoms with Crippen molar-refractivity contribution >= 4 is 15.9 Å². The molecule has 3 heterocycles. The van der Waals surface area contributed by atoms with E-state index in [0.29, 0.717) is 39.1 Å². The number of nitrogens with zero attached hydrogens (tertiary/aromatic N) is 1. The third-order valence-electron chi connectivity index (χ3n) is 6.61. The summed E-state index contributed by atoms with van der Waals surface area (Å²) in [4.78, 5) is 13.2. The molecule has 1 aromatic rings. The van der Waals surface area contributed by atoms with E-state index >= 15 is 0 Å². The van der Waals surface area contributed by atoms with Crippen LogP contribution in [-0.4, -0.2) is 63.5 Å². The first-order valence-corrected chi connectivity index (χ1v) is 12.8. The van der Waals surface area contributed by atoms with Crippen LogP contribution in [0.15, 0.2) is 18.2 Å². The molecule has 0 spiro atoms. The van der Waals surface area contributed by atoms with Gasteiger partial charge in [-0.2, -0.15) is 4.31 Å². The Kier molecular flexibility index (Phi) is 6.74. The van der Waals surface area contributed by atoms with E-state index in [1.807, 2.05) is 25.1 Å². The average Bonchev–Trinajstić information content (AvgIpc) is 3.26. The Balaban J connectivity index is 1.51. The van der Waals surface area contributed by atoms with Crippen LogP contribution in [0.25, 0.3) is 0 Å². The van der Waals surface area contributed by atoms with Gasteiger partial charge in [-0.15, -0.1) is 0 Å². The highest BCUT2D eigenvalue weighted by Crippen LogP contribution is 2.40. The fourth-order valence-corrected chi connectivity index (χ4v) is 6.55. The van der Waals surface area contributed by atoms with Gasteiger partial charge in [0.05, 0.1) is 5.75 Å². The molecule has 1 atom stereocenters. The molecular weight excluding hydrogens is 420 g/mol. The van der Waals surface area contributed by atoms with Crippen LogP contribution in [0.5, 0.6) is 11.5 Å². The highest BCUT2D eigenvalue weighted by atomic mass is 32.2. The zero-order valence-electron chi connectivity index (χ0n) is 18.1. The molecule has 0 aromatic heterocycles. The van der Waals surface area contributed by atoms with E-state index in [0.717, 1.165) is 42.7 Å². The van der Waals surface area contributed by atoms with Gasteiger partial charge in [0.15, 0.2) is 11.5 Å². The van der Waals surface area contributed by atoms with Crippen LogP contribution in [-0.2, 0) is 25.0 Å². The normalized spacial score (nSPS) is 23.5. The van der Waals surface area contributed by atoms with Crippen LogP contribution in [0, 0.1) is 0 Å². The molecule has 1 aromatic carbocycles. The zero-order valence-corrected chi connectivity index (χ0v) is 18.9. The number of ether oxygens (including phenoxy) is 3. The van der Waals surface area contributed by atoms with Gasteiger partial charge in [0, 0.05) is 31.7 Å². The van der Waals surface area contributed by atoms with Crippen molar-refractivity contribution in [2.75, 3.05) is 38.8 Å². The first-order valence-electron chi connectivity index (χ1n) is 11.2. The van der Waals surface area contributed by atoms with Crippen molar-refractivity contribution in [1.82, 2.24) is 9.62 Å². The molecule has 0 bridgehead atoms. The number of fused-ring (bicyclic) bond motifs is 1. The molecule has 172 valence electrons. The monoisotopic (exact) mass is 452 g/mol. The van der Waals surface area contributed by atoms with Crippen molar-refractivity contribution in [3.05, 3.63) is 23.8 Å². The Labute approximate surface area is 184 Å². The van der Waals surface area contributed by atoms with Crippen molar-refractivity contribution in [3.63, 3.8) is 0 Å². The number of amides is 1. The van der Waals surface area contributed by atoms with E-state index in [-0.39, 0.29) is 23.9 Å². The van der Waals surface area contributed by atoms with Gasteiger partial charge in [0.2, 0.25) is 22.7 Å². The zero-order chi connectivity index (χ0) is 21.9. The smallest absolute Gasteiger partial charge is 0.238 e. The molecule has 0 radical (unpaired) electrons. The quantitative estimate of drug-likeness (QED) is 0.682. The van der Waals surface area contributed by atoms with E-state index in [1.165, 1.54) is 4.31 Å². The van der Waals surface area contributed by atoms with Gasteiger partial charge in [0.1, 0.15) is 6.04 Å². The summed E-state index contributed by atoms with van der Waals surface area (Å²) in [7, 11) is -3.42. The molecule has 9 heteroatoms. The number of benzene rings is 1. The average molecular weight is 453 g/mol. The summed E-state index contributed by atoms with van der Waals surface area (Å²) in [6.45, 7) is 4.15. The lowest BCUT2D eigenvalue weighted by atomic mass is 9.74. The first-order chi connectivity index (χ1) is 15.0. The Morgan fingerprint density at radius 3 is 2.74 bits per heavy atom. The summed E-state index contributed by atoms with van der Waals surface area (Å²) in [6, 6.07) is 5.32. The van der Waals surface area contributed by atoms with Gasteiger partial charge >= 0.3 is 0 Å². The minimum absolute atomic E-state index is 0.0786. The van der Waals surface area contributed by atoms with Crippen LogP contribution in [0.1, 0.15) is 51.0 Å². The van der Waals surface area contributed by atoms with Crippen molar-refractivity contribution in [3.8, 4) is 11.5 Å². The van der Waals surface area contributed by atoms with Crippen molar-refractivity contribution < 1.29 is 27.4 Å². The third kappa shape index (κ3) is 4.68. The fraction of sp³-hybridized carbons (Fsp3) is 0.682. The molecule has 0 saturated carbocycles. The SMILES string of the molecule is CCCS(=O)(=O)N1CCCCC1C(=O)NCC1(c2ccc3c(c2)OCO3)CCOCC1. The Morgan fingerprint density at radius 1 is 1.19 bits per heavy atom. The number of hydrogen-bond acceptors (Lipinski definition) is 6. The van der Waals surface area contributed by atoms with Crippen LogP contribution in [0.4, 0.5) is 0 Å². The van der Waals surface area contributed by atoms with Crippen molar-refractivity contribution in [2.45, 2.75) is 56.9 Å². The lowest BCUT2D eigenvalue weighted by Gasteiger charge is -2.39. The lowest BCUT2D eigenvalue weighted by Crippen LogP contribution is -2.54. The molecule has 1 amide bonds. The number of piperidine rings is 1. The highest BCUT2D eigenvalue weighted by molar-refractivity contribution is 7.89. The number of nitrogens with one attached hydrogen (secondary N) is 1. The maximum absolute atomic E-state index is 13.2. The largest absolute Gasteiger partial charge is 0.454 e. The minimum Gasteiger partial charge on any atom is -0.454 e. The van der Waals surface area contributed by atoms with Crippen molar-refractivity contribution in [2.24, 2.45) is 0 Å². The lowest BCUT2D eigenvalue weighted by molar-refractivity contribution is -0.126. The number of sulfonamides is 1. The van der Waals surface area contributed by atoms with Gasteiger partial charge in [-0.25, -0.2) is 8.42 Å². The fourth-order valence-electron chi connectivity index (χ4n) is 4.81. The van der Waals surface area contributed by atoms with Gasteiger partial charge in [-0.05, 0) is 49.8 Å². The Hall–Kier alpha value is -1.84. The molecule has 1 unspecified atom stereocenters. The maximum atomic E-state index is 13.2. The number of hydrogen-bond donors (Lipinski definition) is 1. The number of carbonyl (C=O) groups excluding carboxylic acids is 1. The van der Waals surface area contributed by atoms with Gasteiger partial charge in [-0.3, -0.25) is 4.79 Å². The number of carbonyl (C=O) groups is 1. The van der Waals surface area contributed by atoms with Gasteiger partial charge in [-0.1, -0.05) is 19.4 Å². The highest BCUT2D eigenvalue weighted by Gasteiger charge is 2.39. The Bertz CT molecular complexity index is 897. The molecule has 2 fully saturated rings. The summed E-state index contributed by atoms with van der Waals surface area (Å²) in [5, 5.41) is 3.10. The summed E-state index contributed by atoms with van der Waals surface area (Å²) in [5.74, 6) is 1.33. The second kappa shape index (κ2) is 9.34. The standard InChI is InChI=1S/C22H32N2O6S/c1-2-13-31(26,27)24-10-4-3-5-18(24)21(25)23-15-22(8-11-28-12-9-22)17-6-7-19-20(14-17)30-16-29-19/h6-7,14,18H,2-5,8-13,15-16H2,1H3,(H,23,25). The third-order valence-corrected chi connectivity index (χ3v) is 8.69. The summed E-state index contributed by atoms with van der Waals surface area (Å²) < 4.78 is 43.4. The molecule has 8 nitrogen and oxygen atoms in total. The second-order valence-electron chi connectivity index (χ2n) is 8.62. The summed E-state index contributed by atoms with van der Waals surface area (Å²) >= 11 is 0. The predicted octanol–water partition coefficient (Wildman–Crippen LogP) is 2.17.